The number of carbonyl (C=O) groups excluding carboxylic acids is 1. The number of ether oxygens (including phenoxy) is 2. The van der Waals surface area contributed by atoms with Crippen LogP contribution in [0.5, 0.6) is 5.75 Å². The Balaban J connectivity index is 1.54. The summed E-state index contributed by atoms with van der Waals surface area (Å²) in [4.78, 5) is 11.5. The van der Waals surface area contributed by atoms with Crippen LogP contribution in [0.4, 0.5) is 26.3 Å². The number of esters is 1. The zero-order valence-corrected chi connectivity index (χ0v) is 19.8. The summed E-state index contributed by atoms with van der Waals surface area (Å²) in [5.74, 6) is -0.0502. The molecule has 198 valence electrons. The van der Waals surface area contributed by atoms with Gasteiger partial charge in [-0.1, -0.05) is 23.6 Å². The monoisotopic (exact) mass is 534 g/mol. The number of aliphatic hydroxyl groups is 1. The van der Waals surface area contributed by atoms with Crippen molar-refractivity contribution < 1.29 is 45.7 Å². The smallest absolute Gasteiger partial charge is 0.416 e. The summed E-state index contributed by atoms with van der Waals surface area (Å²) in [6.07, 6.45) is -6.15. The van der Waals surface area contributed by atoms with E-state index >= 15 is 0 Å². The van der Waals surface area contributed by atoms with Crippen molar-refractivity contribution in [1.29, 1.82) is 0 Å². The average molecular weight is 534 g/mol. The topological polar surface area (TPSA) is 55.8 Å². The third kappa shape index (κ3) is 6.11. The fourth-order valence-electron chi connectivity index (χ4n) is 4.09. The van der Waals surface area contributed by atoms with E-state index in [0.29, 0.717) is 41.0 Å². The minimum absolute atomic E-state index is 0.0689. The summed E-state index contributed by atoms with van der Waals surface area (Å²) >= 11 is 0. The molecule has 1 unspecified atom stereocenters. The van der Waals surface area contributed by atoms with Crippen LogP contribution >= 0.6 is 0 Å². The van der Waals surface area contributed by atoms with Crippen LogP contribution in [0, 0.1) is 0 Å². The fourth-order valence-corrected chi connectivity index (χ4v) is 4.09. The number of hydrogen-bond donors (Lipinski definition) is 1. The molecule has 0 heterocycles. The molecule has 2 aliphatic carbocycles. The van der Waals surface area contributed by atoms with Crippen molar-refractivity contribution in [2.75, 3.05) is 13.7 Å². The van der Waals surface area contributed by atoms with Crippen LogP contribution in [-0.2, 0) is 28.3 Å². The number of methoxy groups -OCH3 is 1. The molecule has 2 aliphatic rings. The Morgan fingerprint density at radius 2 is 1.68 bits per heavy atom. The van der Waals surface area contributed by atoms with Gasteiger partial charge in [0.15, 0.2) is 0 Å². The molecule has 2 aromatic carbocycles. The van der Waals surface area contributed by atoms with Crippen molar-refractivity contribution in [1.82, 2.24) is 0 Å². The van der Waals surface area contributed by atoms with Gasteiger partial charge in [0.05, 0.1) is 18.2 Å². The van der Waals surface area contributed by atoms with Crippen LogP contribution in [-0.4, -0.2) is 24.8 Å². The number of aliphatic hydroxyl groups excluding tert-OH is 1. The molecule has 4 rings (SSSR count). The standard InChI is InChI=1S/C28H20F6O4/c1-37-26(36)18-4-2-16(3-5-18)15-38-23-8-9-24-19(13-23)6-7-20(25(24)35)10-17-11-21(27(29,30)31)14-22(12-17)28(32,33)34/h2,4,8-14,25,35H,6-7,15H2,1H3/b20-10+. The van der Waals surface area contributed by atoms with Crippen molar-refractivity contribution in [2.45, 2.75) is 31.3 Å². The van der Waals surface area contributed by atoms with E-state index in [0.717, 1.165) is 5.56 Å². The van der Waals surface area contributed by atoms with Crippen LogP contribution in [0.2, 0.25) is 0 Å². The number of benzene rings is 2. The average Bonchev–Trinajstić information content (AvgIpc) is 2.87. The normalized spacial score (nSPS) is 18.1. The van der Waals surface area contributed by atoms with Crippen molar-refractivity contribution in [3.63, 3.8) is 0 Å². The van der Waals surface area contributed by atoms with Crippen LogP contribution in [0.3, 0.4) is 0 Å². The zero-order chi connectivity index (χ0) is 27.7. The first kappa shape index (κ1) is 27.1. The van der Waals surface area contributed by atoms with Gasteiger partial charge in [0.25, 0.3) is 0 Å². The SMILES string of the molecule is COC(=O)C1=C=C=C(COc2ccc3c(c2)CC/C(=C\c2cc(C(F)(F)F)cc(C(F)(F)F)c2)C3O)C=C1. The van der Waals surface area contributed by atoms with E-state index in [1.807, 2.05) is 0 Å². The Kier molecular flexibility index (Phi) is 7.42. The predicted octanol–water partition coefficient (Wildman–Crippen LogP) is 6.52. The van der Waals surface area contributed by atoms with Crippen LogP contribution in [0.1, 0.15) is 40.3 Å². The quantitative estimate of drug-likeness (QED) is 0.270. The first-order valence-corrected chi connectivity index (χ1v) is 11.3. The van der Waals surface area contributed by atoms with Crippen LogP contribution < -0.4 is 4.74 Å². The third-order valence-electron chi connectivity index (χ3n) is 6.01. The molecule has 2 aromatic rings. The minimum Gasteiger partial charge on any atom is -0.488 e. The molecule has 1 atom stereocenters. The Bertz CT molecular complexity index is 1400. The highest BCUT2D eigenvalue weighted by Gasteiger charge is 2.37. The van der Waals surface area contributed by atoms with Gasteiger partial charge in [-0.15, -0.1) is 0 Å². The molecule has 4 nitrogen and oxygen atoms in total. The number of alkyl halides is 6. The fraction of sp³-hybridized carbons (Fsp3) is 0.250. The number of aryl methyl sites for hydroxylation is 1. The first-order valence-electron chi connectivity index (χ1n) is 11.3. The van der Waals surface area contributed by atoms with Crippen molar-refractivity contribution in [3.8, 4) is 5.75 Å². The Morgan fingerprint density at radius 1 is 1.00 bits per heavy atom. The molecular weight excluding hydrogens is 514 g/mol. The highest BCUT2D eigenvalue weighted by molar-refractivity contribution is 5.91. The second-order valence-corrected chi connectivity index (χ2v) is 8.62. The maximum atomic E-state index is 13.2. The Morgan fingerprint density at radius 3 is 2.26 bits per heavy atom. The second kappa shape index (κ2) is 10.4. The summed E-state index contributed by atoms with van der Waals surface area (Å²) in [6.45, 7) is 0.127. The molecule has 0 amide bonds. The highest BCUT2D eigenvalue weighted by Crippen LogP contribution is 2.40. The predicted molar refractivity (Wildman–Crippen MR) is 125 cm³/mol. The van der Waals surface area contributed by atoms with Gasteiger partial charge in [-0.2, -0.15) is 26.3 Å². The molecule has 0 saturated heterocycles. The Hall–Kier alpha value is -3.97. The number of hydrogen-bond acceptors (Lipinski definition) is 4. The highest BCUT2D eigenvalue weighted by atomic mass is 19.4. The number of fused-ring (bicyclic) bond motifs is 1. The second-order valence-electron chi connectivity index (χ2n) is 8.62. The van der Waals surface area contributed by atoms with E-state index in [2.05, 4.69) is 16.2 Å². The molecular formula is C28H20F6O4. The molecule has 0 aromatic heterocycles. The Labute approximate surface area is 213 Å². The third-order valence-corrected chi connectivity index (χ3v) is 6.01. The minimum atomic E-state index is -4.96. The zero-order valence-electron chi connectivity index (χ0n) is 19.8. The van der Waals surface area contributed by atoms with E-state index in [-0.39, 0.29) is 30.2 Å². The van der Waals surface area contributed by atoms with Gasteiger partial charge in [0, 0.05) is 5.57 Å². The van der Waals surface area contributed by atoms with Crippen LogP contribution in [0.15, 0.2) is 76.7 Å². The summed E-state index contributed by atoms with van der Waals surface area (Å²) < 4.78 is 89.5. The lowest BCUT2D eigenvalue weighted by atomic mass is 9.84. The van der Waals surface area contributed by atoms with Crippen LogP contribution in [0.25, 0.3) is 6.08 Å². The van der Waals surface area contributed by atoms with Crippen molar-refractivity contribution >= 4 is 12.0 Å². The molecule has 38 heavy (non-hydrogen) atoms. The van der Waals surface area contributed by atoms with Gasteiger partial charge < -0.3 is 14.6 Å². The lowest BCUT2D eigenvalue weighted by molar-refractivity contribution is -0.143. The van der Waals surface area contributed by atoms with Gasteiger partial charge in [-0.05, 0) is 77.6 Å². The summed E-state index contributed by atoms with van der Waals surface area (Å²) in [5, 5.41) is 10.8. The number of rotatable bonds is 5. The van der Waals surface area contributed by atoms with Crippen molar-refractivity contribution in [3.05, 3.63) is 105 Å². The molecule has 0 spiro atoms. The lowest BCUT2D eigenvalue weighted by Gasteiger charge is -2.25. The summed E-state index contributed by atoms with van der Waals surface area (Å²) in [6, 6.07) is 6.25. The molecule has 0 aliphatic heterocycles. The van der Waals surface area contributed by atoms with Gasteiger partial charge in [-0.25, -0.2) is 4.79 Å². The molecule has 10 heteroatoms. The lowest BCUT2D eigenvalue weighted by Crippen LogP contribution is -2.13. The van der Waals surface area contributed by atoms with Gasteiger partial charge in [-0.3, -0.25) is 0 Å². The van der Waals surface area contributed by atoms with E-state index in [9.17, 15) is 36.2 Å². The largest absolute Gasteiger partial charge is 0.488 e. The maximum absolute atomic E-state index is 13.2. The molecule has 0 saturated carbocycles. The first-order chi connectivity index (χ1) is 17.8. The van der Waals surface area contributed by atoms with E-state index in [4.69, 9.17) is 4.74 Å². The summed E-state index contributed by atoms with van der Waals surface area (Å²) in [7, 11) is 1.26. The number of halogens is 6. The maximum Gasteiger partial charge on any atom is 0.416 e. The van der Waals surface area contributed by atoms with E-state index < -0.39 is 35.6 Å². The van der Waals surface area contributed by atoms with Gasteiger partial charge in [0.1, 0.15) is 24.0 Å². The van der Waals surface area contributed by atoms with Crippen molar-refractivity contribution in [2.24, 2.45) is 0 Å². The molecule has 0 radical (unpaired) electrons. The van der Waals surface area contributed by atoms with E-state index in [1.165, 1.54) is 19.3 Å². The molecule has 1 N–H and O–H groups in total. The molecule has 0 bridgehead atoms. The summed E-state index contributed by atoms with van der Waals surface area (Å²) in [5.41, 5.74) is 4.74. The van der Waals surface area contributed by atoms with Gasteiger partial charge in [0.2, 0.25) is 0 Å². The number of carbonyl (C=O) groups is 1. The molecule has 0 fully saturated rings. The van der Waals surface area contributed by atoms with Gasteiger partial charge >= 0.3 is 18.3 Å². The van der Waals surface area contributed by atoms with E-state index in [1.54, 1.807) is 24.3 Å².